The van der Waals surface area contributed by atoms with Crippen LogP contribution in [0.1, 0.15) is 18.6 Å². The molecule has 0 bridgehead atoms. The van der Waals surface area contributed by atoms with Gasteiger partial charge in [-0.05, 0) is 48.5 Å². The molecule has 0 fully saturated rings. The Morgan fingerprint density at radius 3 is 2.67 bits per heavy atom. The lowest BCUT2D eigenvalue weighted by molar-refractivity contribution is -0.111. The molecule has 9 nitrogen and oxygen atoms in total. The van der Waals surface area contributed by atoms with Gasteiger partial charge in [0.25, 0.3) is 0 Å². The fourth-order valence-corrected chi connectivity index (χ4v) is 3.95. The van der Waals surface area contributed by atoms with Gasteiger partial charge in [-0.3, -0.25) is 10.1 Å². The Morgan fingerprint density at radius 1 is 1.08 bits per heavy atom. The number of halogens is 1. The van der Waals surface area contributed by atoms with E-state index in [9.17, 15) is 14.7 Å². The van der Waals surface area contributed by atoms with Crippen molar-refractivity contribution in [3.05, 3.63) is 82.9 Å². The molecule has 0 saturated carbocycles. The summed E-state index contributed by atoms with van der Waals surface area (Å²) in [6.07, 6.45) is 1.26. The van der Waals surface area contributed by atoms with Crippen LogP contribution in [0.15, 0.2) is 77.3 Å². The van der Waals surface area contributed by atoms with Crippen LogP contribution in [0, 0.1) is 5.92 Å². The maximum atomic E-state index is 12.8. The molecule has 2 amide bonds. The molecule has 0 aliphatic carbocycles. The summed E-state index contributed by atoms with van der Waals surface area (Å²) < 4.78 is 17.0. The van der Waals surface area contributed by atoms with Gasteiger partial charge in [-0.25, -0.2) is 4.79 Å². The zero-order chi connectivity index (χ0) is 25.7. The highest BCUT2D eigenvalue weighted by molar-refractivity contribution is 9.10. The number of hydrogen-bond acceptors (Lipinski definition) is 7. The molecule has 0 spiro atoms. The van der Waals surface area contributed by atoms with Crippen molar-refractivity contribution in [3.63, 3.8) is 0 Å². The van der Waals surface area contributed by atoms with Crippen LogP contribution in [0.2, 0.25) is 0 Å². The van der Waals surface area contributed by atoms with Gasteiger partial charge in [0.15, 0.2) is 11.5 Å². The van der Waals surface area contributed by atoms with Crippen molar-refractivity contribution < 1.29 is 28.9 Å². The number of aromatic hydroxyl groups is 1. The summed E-state index contributed by atoms with van der Waals surface area (Å²) >= 11 is 3.38. The van der Waals surface area contributed by atoms with Crippen LogP contribution in [0.5, 0.6) is 17.2 Å². The number of anilines is 3. The number of amides is 2. The summed E-state index contributed by atoms with van der Waals surface area (Å²) in [6.45, 7) is 1.88. The molecule has 2 atom stereocenters. The highest BCUT2D eigenvalue weighted by atomic mass is 79.9. The van der Waals surface area contributed by atoms with Crippen LogP contribution in [0.3, 0.4) is 0 Å². The minimum absolute atomic E-state index is 0.0548. The second-order valence-electron chi connectivity index (χ2n) is 8.02. The molecule has 10 heteroatoms. The van der Waals surface area contributed by atoms with Crippen molar-refractivity contribution in [2.75, 3.05) is 23.2 Å². The number of hydrogen-bond donors (Lipinski definition) is 4. The number of fused-ring (bicyclic) bond motifs is 1. The van der Waals surface area contributed by atoms with Gasteiger partial charge in [0.1, 0.15) is 11.9 Å². The van der Waals surface area contributed by atoms with Crippen LogP contribution < -0.4 is 25.8 Å². The Balaban J connectivity index is 1.50. The minimum atomic E-state index is -0.914. The summed E-state index contributed by atoms with van der Waals surface area (Å²) in [5.74, 6) is 0.143. The molecule has 1 heterocycles. The molecule has 3 aromatic rings. The Bertz CT molecular complexity index is 1310. The van der Waals surface area contributed by atoms with Gasteiger partial charge >= 0.3 is 6.09 Å². The smallest absolute Gasteiger partial charge is 0.412 e. The number of carbonyl (C=O) groups is 2. The van der Waals surface area contributed by atoms with Crippen molar-refractivity contribution in [3.8, 4) is 17.2 Å². The van der Waals surface area contributed by atoms with Crippen molar-refractivity contribution >= 4 is 45.0 Å². The fourth-order valence-electron chi connectivity index (χ4n) is 3.57. The first kappa shape index (κ1) is 24.9. The molecule has 1 aliphatic heterocycles. The number of nitrogens with one attached hydrogen (secondary N) is 2. The predicted molar refractivity (Wildman–Crippen MR) is 139 cm³/mol. The molecule has 36 heavy (non-hydrogen) atoms. The van der Waals surface area contributed by atoms with E-state index in [2.05, 4.69) is 26.6 Å². The number of nitrogens with two attached hydrogens (primary N) is 1. The lowest BCUT2D eigenvalue weighted by atomic mass is 9.96. The molecule has 0 saturated heterocycles. The zero-order valence-electron chi connectivity index (χ0n) is 19.2. The number of carbonyl (C=O) groups excluding carboxylic acids is 2. The van der Waals surface area contributed by atoms with Crippen molar-refractivity contribution in [2.24, 2.45) is 5.92 Å². The van der Waals surface area contributed by atoms with E-state index in [4.69, 9.17) is 19.9 Å². The average Bonchev–Trinajstić information content (AvgIpc) is 3.32. The average molecular weight is 554 g/mol. The SMILES string of the molecule is C[C@H](/C=C/C(=O)Nc1ccccc1N)[C@@H](OC(=O)Nc1ccc2c(c1)OCO2)c1cc(Br)ccc1O. The number of ether oxygens (including phenoxy) is 3. The molecular formula is C26H24BrN3O6. The van der Waals surface area contributed by atoms with E-state index < -0.39 is 24.0 Å². The van der Waals surface area contributed by atoms with Crippen LogP contribution in [0.4, 0.5) is 21.9 Å². The second kappa shape index (κ2) is 11.0. The first-order valence-corrected chi connectivity index (χ1v) is 11.8. The summed E-state index contributed by atoms with van der Waals surface area (Å²) in [5, 5.41) is 15.9. The second-order valence-corrected chi connectivity index (χ2v) is 8.93. The lowest BCUT2D eigenvalue weighted by Crippen LogP contribution is -2.21. The number of phenols is 1. The van der Waals surface area contributed by atoms with Gasteiger partial charge in [0.2, 0.25) is 12.7 Å². The monoisotopic (exact) mass is 553 g/mol. The predicted octanol–water partition coefficient (Wildman–Crippen LogP) is 5.59. The first-order valence-electron chi connectivity index (χ1n) is 11.0. The van der Waals surface area contributed by atoms with Crippen LogP contribution in [0.25, 0.3) is 0 Å². The minimum Gasteiger partial charge on any atom is -0.508 e. The van der Waals surface area contributed by atoms with Crippen molar-refractivity contribution in [1.29, 1.82) is 0 Å². The fraction of sp³-hybridized carbons (Fsp3) is 0.154. The highest BCUT2D eigenvalue weighted by Gasteiger charge is 2.26. The quantitative estimate of drug-likeness (QED) is 0.221. The van der Waals surface area contributed by atoms with Crippen LogP contribution in [-0.2, 0) is 9.53 Å². The topological polar surface area (TPSA) is 132 Å². The normalized spacial score (nSPS) is 13.7. The summed E-state index contributed by atoms with van der Waals surface area (Å²) in [7, 11) is 0. The number of para-hydroxylation sites is 2. The Labute approximate surface area is 216 Å². The van der Waals surface area contributed by atoms with E-state index in [1.165, 1.54) is 12.1 Å². The largest absolute Gasteiger partial charge is 0.508 e. The molecule has 0 aromatic heterocycles. The molecular weight excluding hydrogens is 530 g/mol. The molecule has 3 aromatic carbocycles. The molecule has 4 rings (SSSR count). The molecule has 186 valence electrons. The summed E-state index contributed by atoms with van der Waals surface area (Å²) in [5.41, 5.74) is 7.62. The van der Waals surface area contributed by atoms with Crippen LogP contribution >= 0.6 is 15.9 Å². The van der Waals surface area contributed by atoms with E-state index in [-0.39, 0.29) is 12.5 Å². The van der Waals surface area contributed by atoms with Crippen LogP contribution in [-0.4, -0.2) is 23.9 Å². The molecule has 1 aliphatic rings. The van der Waals surface area contributed by atoms with Gasteiger partial charge in [-0.1, -0.05) is 41.1 Å². The maximum absolute atomic E-state index is 12.8. The first-order chi connectivity index (χ1) is 17.3. The van der Waals surface area contributed by atoms with Crippen molar-refractivity contribution in [1.82, 2.24) is 0 Å². The Hall–Kier alpha value is -4.18. The van der Waals surface area contributed by atoms with E-state index in [0.29, 0.717) is 38.6 Å². The number of nitrogen functional groups attached to an aromatic ring is 1. The third-order valence-corrected chi connectivity index (χ3v) is 5.89. The summed E-state index contributed by atoms with van der Waals surface area (Å²) in [6, 6.07) is 16.7. The third kappa shape index (κ3) is 6.08. The molecule has 0 unspecified atom stereocenters. The van der Waals surface area contributed by atoms with E-state index >= 15 is 0 Å². The Morgan fingerprint density at radius 2 is 1.86 bits per heavy atom. The summed E-state index contributed by atoms with van der Waals surface area (Å²) in [4.78, 5) is 25.3. The third-order valence-electron chi connectivity index (χ3n) is 5.40. The zero-order valence-corrected chi connectivity index (χ0v) is 20.8. The van der Waals surface area contributed by atoms with Gasteiger partial charge in [0, 0.05) is 27.7 Å². The maximum Gasteiger partial charge on any atom is 0.412 e. The highest BCUT2D eigenvalue weighted by Crippen LogP contribution is 2.37. The number of rotatable bonds is 7. The standard InChI is InChI=1S/C26H24BrN3O6/c1-15(6-11-24(32)30-20-5-3-2-4-19(20)28)25(18-12-16(27)7-9-21(18)31)36-26(33)29-17-8-10-22-23(13-17)35-14-34-22/h2-13,15,25,31H,14,28H2,1H3,(H,29,33)(H,30,32)/b11-6+/t15-,25-/m1/s1. The lowest BCUT2D eigenvalue weighted by Gasteiger charge is -2.24. The van der Waals surface area contributed by atoms with Gasteiger partial charge in [0.05, 0.1) is 11.4 Å². The molecule has 0 radical (unpaired) electrons. The van der Waals surface area contributed by atoms with Gasteiger partial charge < -0.3 is 30.4 Å². The van der Waals surface area contributed by atoms with E-state index in [1.54, 1.807) is 67.6 Å². The van der Waals surface area contributed by atoms with E-state index in [0.717, 1.165) is 0 Å². The van der Waals surface area contributed by atoms with Gasteiger partial charge in [-0.15, -0.1) is 0 Å². The van der Waals surface area contributed by atoms with E-state index in [1.807, 2.05) is 0 Å². The van der Waals surface area contributed by atoms with Gasteiger partial charge in [-0.2, -0.15) is 0 Å². The molecule has 5 N–H and O–H groups in total. The number of benzene rings is 3. The van der Waals surface area contributed by atoms with Crippen molar-refractivity contribution in [2.45, 2.75) is 13.0 Å². The Kier molecular flexibility index (Phi) is 7.65. The number of phenolic OH excluding ortho intramolecular Hbond substituents is 1.